The number of aromatic nitrogens is 2. The molecule has 4 nitrogen and oxygen atoms in total. The highest BCUT2D eigenvalue weighted by molar-refractivity contribution is 6.31. The second-order valence-corrected chi connectivity index (χ2v) is 5.19. The van der Waals surface area contributed by atoms with Gasteiger partial charge in [0.1, 0.15) is 5.75 Å². The van der Waals surface area contributed by atoms with Crippen molar-refractivity contribution in [3.05, 3.63) is 46.2 Å². The van der Waals surface area contributed by atoms with Gasteiger partial charge in [-0.05, 0) is 19.9 Å². The first-order chi connectivity index (χ1) is 9.54. The van der Waals surface area contributed by atoms with Crippen molar-refractivity contribution in [2.24, 2.45) is 7.05 Å². The highest BCUT2D eigenvalue weighted by Crippen LogP contribution is 2.25. The lowest BCUT2D eigenvalue weighted by atomic mass is 10.1. The summed E-state index contributed by atoms with van der Waals surface area (Å²) in [6.07, 6.45) is 0. The normalized spacial score (nSPS) is 12.4. The summed E-state index contributed by atoms with van der Waals surface area (Å²) in [5.74, 6) is 0.889. The molecule has 0 spiro atoms. The first-order valence-electron chi connectivity index (χ1n) is 6.58. The third kappa shape index (κ3) is 2.97. The van der Waals surface area contributed by atoms with E-state index in [0.717, 1.165) is 27.7 Å². The summed E-state index contributed by atoms with van der Waals surface area (Å²) >= 11 is 6.25. The average Bonchev–Trinajstić information content (AvgIpc) is 2.70. The third-order valence-electron chi connectivity index (χ3n) is 3.44. The van der Waals surface area contributed by atoms with Gasteiger partial charge in [-0.25, -0.2) is 0 Å². The second-order valence-electron chi connectivity index (χ2n) is 4.81. The zero-order chi connectivity index (χ0) is 14.7. The summed E-state index contributed by atoms with van der Waals surface area (Å²) < 4.78 is 7.21. The third-order valence-corrected chi connectivity index (χ3v) is 3.93. The Morgan fingerprint density at radius 2 is 2.10 bits per heavy atom. The lowest BCUT2D eigenvalue weighted by molar-refractivity contribution is 0.401. The van der Waals surface area contributed by atoms with E-state index < -0.39 is 0 Å². The van der Waals surface area contributed by atoms with Gasteiger partial charge in [-0.3, -0.25) is 4.68 Å². The van der Waals surface area contributed by atoms with Crippen LogP contribution in [0.25, 0.3) is 0 Å². The van der Waals surface area contributed by atoms with Gasteiger partial charge in [0, 0.05) is 25.2 Å². The van der Waals surface area contributed by atoms with Crippen LogP contribution in [0.4, 0.5) is 0 Å². The van der Waals surface area contributed by atoms with Gasteiger partial charge in [-0.1, -0.05) is 29.8 Å². The SMILES string of the molecule is COc1ccccc1[C@H](C)NCc1c(Cl)c(C)nn1C. The molecule has 1 atom stereocenters. The molecule has 0 amide bonds. The molecule has 0 aliphatic heterocycles. The van der Waals surface area contributed by atoms with E-state index in [9.17, 15) is 0 Å². The number of aryl methyl sites for hydroxylation is 2. The first-order valence-corrected chi connectivity index (χ1v) is 6.96. The van der Waals surface area contributed by atoms with E-state index in [4.69, 9.17) is 16.3 Å². The van der Waals surface area contributed by atoms with Crippen molar-refractivity contribution in [2.45, 2.75) is 26.4 Å². The molecule has 20 heavy (non-hydrogen) atoms. The van der Waals surface area contributed by atoms with Crippen LogP contribution in [0.2, 0.25) is 5.02 Å². The summed E-state index contributed by atoms with van der Waals surface area (Å²) in [7, 11) is 3.59. The van der Waals surface area contributed by atoms with Crippen molar-refractivity contribution in [1.82, 2.24) is 15.1 Å². The zero-order valence-electron chi connectivity index (χ0n) is 12.3. The van der Waals surface area contributed by atoms with Gasteiger partial charge < -0.3 is 10.1 Å². The van der Waals surface area contributed by atoms with Crippen LogP contribution in [0.3, 0.4) is 0 Å². The lowest BCUT2D eigenvalue weighted by Crippen LogP contribution is -2.20. The smallest absolute Gasteiger partial charge is 0.123 e. The van der Waals surface area contributed by atoms with Crippen LogP contribution in [0.15, 0.2) is 24.3 Å². The van der Waals surface area contributed by atoms with Crippen molar-refractivity contribution in [1.29, 1.82) is 0 Å². The largest absolute Gasteiger partial charge is 0.496 e. The van der Waals surface area contributed by atoms with Crippen LogP contribution in [-0.4, -0.2) is 16.9 Å². The van der Waals surface area contributed by atoms with Gasteiger partial charge in [-0.15, -0.1) is 0 Å². The van der Waals surface area contributed by atoms with E-state index in [0.29, 0.717) is 6.54 Å². The Bertz CT molecular complexity index is 595. The van der Waals surface area contributed by atoms with Gasteiger partial charge >= 0.3 is 0 Å². The minimum Gasteiger partial charge on any atom is -0.496 e. The molecule has 5 heteroatoms. The van der Waals surface area contributed by atoms with Gasteiger partial charge in [0.15, 0.2) is 0 Å². The van der Waals surface area contributed by atoms with E-state index in [1.807, 2.05) is 36.9 Å². The summed E-state index contributed by atoms with van der Waals surface area (Å²) in [6.45, 7) is 4.68. The number of halogens is 1. The van der Waals surface area contributed by atoms with Crippen LogP contribution < -0.4 is 10.1 Å². The molecule has 0 aliphatic carbocycles. The van der Waals surface area contributed by atoms with Crippen LogP contribution in [-0.2, 0) is 13.6 Å². The molecule has 0 radical (unpaired) electrons. The number of hydrogen-bond acceptors (Lipinski definition) is 3. The standard InChI is InChI=1S/C15H20ClN3O/c1-10(12-7-5-6-8-14(12)20-4)17-9-13-15(16)11(2)18-19(13)3/h5-8,10,17H,9H2,1-4H3/t10-/m0/s1. The molecule has 0 unspecified atom stereocenters. The van der Waals surface area contributed by atoms with Gasteiger partial charge in [-0.2, -0.15) is 5.10 Å². The fourth-order valence-corrected chi connectivity index (χ4v) is 2.48. The van der Waals surface area contributed by atoms with E-state index in [1.54, 1.807) is 7.11 Å². The molecule has 0 aliphatic rings. The summed E-state index contributed by atoms with van der Waals surface area (Å²) in [5, 5.41) is 8.50. The minimum atomic E-state index is 0.164. The number of nitrogens with one attached hydrogen (secondary N) is 1. The Labute approximate surface area is 124 Å². The fraction of sp³-hybridized carbons (Fsp3) is 0.400. The van der Waals surface area contributed by atoms with Crippen molar-refractivity contribution >= 4 is 11.6 Å². The Kier molecular flexibility index (Phi) is 4.68. The minimum absolute atomic E-state index is 0.164. The van der Waals surface area contributed by atoms with Crippen LogP contribution in [0, 0.1) is 6.92 Å². The number of methoxy groups -OCH3 is 1. The molecule has 2 rings (SSSR count). The number of ether oxygens (including phenoxy) is 1. The number of benzene rings is 1. The zero-order valence-corrected chi connectivity index (χ0v) is 13.0. The second kappa shape index (κ2) is 6.29. The highest BCUT2D eigenvalue weighted by atomic mass is 35.5. The number of hydrogen-bond donors (Lipinski definition) is 1. The molecule has 0 saturated carbocycles. The van der Waals surface area contributed by atoms with Crippen LogP contribution in [0.1, 0.15) is 29.9 Å². The number of rotatable bonds is 5. The van der Waals surface area contributed by atoms with Crippen molar-refractivity contribution in [3.63, 3.8) is 0 Å². The topological polar surface area (TPSA) is 39.1 Å². The summed E-state index contributed by atoms with van der Waals surface area (Å²) in [5.41, 5.74) is 2.98. The predicted molar refractivity (Wildman–Crippen MR) is 81.2 cm³/mol. The van der Waals surface area contributed by atoms with E-state index in [2.05, 4.69) is 23.4 Å². The molecule has 0 fully saturated rings. The monoisotopic (exact) mass is 293 g/mol. The van der Waals surface area contributed by atoms with Crippen molar-refractivity contribution in [2.75, 3.05) is 7.11 Å². The first kappa shape index (κ1) is 14.9. The van der Waals surface area contributed by atoms with Crippen LogP contribution >= 0.6 is 11.6 Å². The van der Waals surface area contributed by atoms with E-state index in [1.165, 1.54) is 0 Å². The summed E-state index contributed by atoms with van der Waals surface area (Å²) in [4.78, 5) is 0. The maximum atomic E-state index is 6.25. The van der Waals surface area contributed by atoms with Crippen LogP contribution in [0.5, 0.6) is 5.75 Å². The number of nitrogens with zero attached hydrogens (tertiary/aromatic N) is 2. The molecular weight excluding hydrogens is 274 g/mol. The summed E-state index contributed by atoms with van der Waals surface area (Å²) in [6, 6.07) is 8.17. The van der Waals surface area contributed by atoms with Crippen molar-refractivity contribution < 1.29 is 4.74 Å². The maximum Gasteiger partial charge on any atom is 0.123 e. The van der Waals surface area contributed by atoms with Gasteiger partial charge in [0.25, 0.3) is 0 Å². The Morgan fingerprint density at radius 1 is 1.40 bits per heavy atom. The molecule has 1 aromatic heterocycles. The molecule has 108 valence electrons. The Morgan fingerprint density at radius 3 is 2.70 bits per heavy atom. The quantitative estimate of drug-likeness (QED) is 0.920. The Hall–Kier alpha value is -1.52. The van der Waals surface area contributed by atoms with E-state index >= 15 is 0 Å². The molecular formula is C15H20ClN3O. The van der Waals surface area contributed by atoms with Crippen molar-refractivity contribution in [3.8, 4) is 5.75 Å². The Balaban J connectivity index is 2.10. The fourth-order valence-electron chi connectivity index (χ4n) is 2.26. The molecule has 0 bridgehead atoms. The number of para-hydroxylation sites is 1. The molecule has 1 N–H and O–H groups in total. The lowest BCUT2D eigenvalue weighted by Gasteiger charge is -2.17. The van der Waals surface area contributed by atoms with E-state index in [-0.39, 0.29) is 6.04 Å². The predicted octanol–water partition coefficient (Wildman–Crippen LogP) is 3.24. The molecule has 0 saturated heterocycles. The highest BCUT2D eigenvalue weighted by Gasteiger charge is 2.14. The molecule has 2 aromatic rings. The van der Waals surface area contributed by atoms with Gasteiger partial charge in [0.05, 0.1) is 23.5 Å². The average molecular weight is 294 g/mol. The molecule has 1 heterocycles. The molecule has 1 aromatic carbocycles. The maximum absolute atomic E-state index is 6.25. The van der Waals surface area contributed by atoms with Gasteiger partial charge in [0.2, 0.25) is 0 Å².